The summed E-state index contributed by atoms with van der Waals surface area (Å²) in [6.45, 7) is 9.44. The molecule has 2 unspecified atom stereocenters. The van der Waals surface area contributed by atoms with E-state index in [1.54, 1.807) is 0 Å². The molecule has 0 spiro atoms. The Balaban J connectivity index is 2.44. The van der Waals surface area contributed by atoms with Gasteiger partial charge >= 0.3 is 0 Å². The number of hydrogen-bond acceptors (Lipinski definition) is 3. The molecule has 1 saturated heterocycles. The van der Waals surface area contributed by atoms with Crippen molar-refractivity contribution < 1.29 is 9.47 Å². The fourth-order valence-electron chi connectivity index (χ4n) is 1.71. The van der Waals surface area contributed by atoms with Crippen LogP contribution in [0.4, 0.5) is 0 Å². The number of rotatable bonds is 3. The third-order valence-electron chi connectivity index (χ3n) is 2.40. The molecule has 0 aromatic rings. The fourth-order valence-corrected chi connectivity index (χ4v) is 2.76. The second-order valence-electron chi connectivity index (χ2n) is 3.64. The summed E-state index contributed by atoms with van der Waals surface area (Å²) in [7, 11) is 0. The van der Waals surface area contributed by atoms with E-state index in [1.165, 1.54) is 0 Å². The van der Waals surface area contributed by atoms with Crippen molar-refractivity contribution in [3.8, 4) is 0 Å². The Labute approximate surface area is 85.4 Å². The van der Waals surface area contributed by atoms with Crippen LogP contribution in [0.2, 0.25) is 0 Å². The molecule has 3 heteroatoms. The molecular weight excluding hydrogens is 184 g/mol. The summed E-state index contributed by atoms with van der Waals surface area (Å²) >= 11 is 1.96. The Hall–Kier alpha value is 0.270. The molecule has 4 atom stereocenters. The van der Waals surface area contributed by atoms with Crippen molar-refractivity contribution in [1.29, 1.82) is 0 Å². The Bertz CT molecular complexity index is 152. The summed E-state index contributed by atoms with van der Waals surface area (Å²) in [5.41, 5.74) is 0. The quantitative estimate of drug-likeness (QED) is 0.704. The molecule has 1 fully saturated rings. The molecule has 0 radical (unpaired) electrons. The maximum Gasteiger partial charge on any atom is 0.155 e. The molecule has 78 valence electrons. The Morgan fingerprint density at radius 1 is 1.46 bits per heavy atom. The first-order valence-electron chi connectivity index (χ1n) is 5.03. The summed E-state index contributed by atoms with van der Waals surface area (Å²) in [5, 5.41) is 0.575. The highest BCUT2D eigenvalue weighted by Crippen LogP contribution is 2.27. The van der Waals surface area contributed by atoms with Gasteiger partial charge in [0.25, 0.3) is 0 Å². The average Bonchev–Trinajstić information content (AvgIpc) is 2.09. The maximum atomic E-state index is 5.77. The number of ether oxygens (including phenoxy) is 2. The van der Waals surface area contributed by atoms with Crippen molar-refractivity contribution in [2.45, 2.75) is 45.3 Å². The zero-order valence-electron chi connectivity index (χ0n) is 8.95. The predicted molar refractivity (Wildman–Crippen MR) is 57.0 cm³/mol. The minimum absolute atomic E-state index is 0.0268. The van der Waals surface area contributed by atoms with Gasteiger partial charge in [-0.2, -0.15) is 11.8 Å². The van der Waals surface area contributed by atoms with Crippen molar-refractivity contribution in [2.24, 2.45) is 5.92 Å². The van der Waals surface area contributed by atoms with E-state index in [0.29, 0.717) is 17.3 Å². The minimum atomic E-state index is -0.0268. The summed E-state index contributed by atoms with van der Waals surface area (Å²) in [5.74, 6) is 1.67. The lowest BCUT2D eigenvalue weighted by Gasteiger charge is -2.36. The SMILES string of the molecule is CCSC(C)C1O[C@@H](C)OC[C@H]1C. The van der Waals surface area contributed by atoms with Crippen LogP contribution >= 0.6 is 11.8 Å². The second-order valence-corrected chi connectivity index (χ2v) is 5.29. The normalized spacial score (nSPS) is 37.4. The molecule has 1 heterocycles. The molecule has 13 heavy (non-hydrogen) atoms. The van der Waals surface area contributed by atoms with Crippen molar-refractivity contribution in [2.75, 3.05) is 12.4 Å². The summed E-state index contributed by atoms with van der Waals surface area (Å²) < 4.78 is 11.2. The number of thioether (sulfide) groups is 1. The lowest BCUT2D eigenvalue weighted by atomic mass is 10.0. The van der Waals surface area contributed by atoms with Gasteiger partial charge in [0.1, 0.15) is 0 Å². The monoisotopic (exact) mass is 204 g/mol. The first-order valence-corrected chi connectivity index (χ1v) is 6.08. The van der Waals surface area contributed by atoms with Crippen molar-refractivity contribution in [1.82, 2.24) is 0 Å². The fraction of sp³-hybridized carbons (Fsp3) is 1.00. The van der Waals surface area contributed by atoms with Gasteiger partial charge in [-0.15, -0.1) is 0 Å². The Morgan fingerprint density at radius 2 is 2.15 bits per heavy atom. The summed E-state index contributed by atoms with van der Waals surface area (Å²) in [6.07, 6.45) is 0.329. The van der Waals surface area contributed by atoms with Crippen LogP contribution in [-0.2, 0) is 9.47 Å². The van der Waals surface area contributed by atoms with Gasteiger partial charge in [0.15, 0.2) is 6.29 Å². The lowest BCUT2D eigenvalue weighted by Crippen LogP contribution is -2.42. The molecule has 2 nitrogen and oxygen atoms in total. The van der Waals surface area contributed by atoms with E-state index in [4.69, 9.17) is 9.47 Å². The van der Waals surface area contributed by atoms with Gasteiger partial charge in [-0.3, -0.25) is 0 Å². The zero-order chi connectivity index (χ0) is 9.84. The van der Waals surface area contributed by atoms with Gasteiger partial charge in [-0.1, -0.05) is 20.8 Å². The van der Waals surface area contributed by atoms with E-state index in [1.807, 2.05) is 18.7 Å². The van der Waals surface area contributed by atoms with Gasteiger partial charge in [0.05, 0.1) is 12.7 Å². The van der Waals surface area contributed by atoms with E-state index in [9.17, 15) is 0 Å². The third kappa shape index (κ3) is 3.15. The molecule has 1 aliphatic rings. The van der Waals surface area contributed by atoms with Crippen molar-refractivity contribution in [3.05, 3.63) is 0 Å². The molecule has 1 aliphatic heterocycles. The predicted octanol–water partition coefficient (Wildman–Crippen LogP) is 2.53. The van der Waals surface area contributed by atoms with Gasteiger partial charge in [-0.05, 0) is 12.7 Å². The first kappa shape index (κ1) is 11.3. The van der Waals surface area contributed by atoms with Gasteiger partial charge < -0.3 is 9.47 Å². The molecule has 0 saturated carbocycles. The van der Waals surface area contributed by atoms with Gasteiger partial charge in [0, 0.05) is 11.2 Å². The summed E-state index contributed by atoms with van der Waals surface area (Å²) in [6, 6.07) is 0. The van der Waals surface area contributed by atoms with Crippen molar-refractivity contribution >= 4 is 11.8 Å². The zero-order valence-corrected chi connectivity index (χ0v) is 9.76. The molecular formula is C10H20O2S. The second kappa shape index (κ2) is 5.23. The molecule has 0 amide bonds. The van der Waals surface area contributed by atoms with Crippen LogP contribution in [0.1, 0.15) is 27.7 Å². The van der Waals surface area contributed by atoms with E-state index >= 15 is 0 Å². The standard InChI is InChI=1S/C10H20O2S/c1-5-13-8(3)10-7(2)6-11-9(4)12-10/h7-10H,5-6H2,1-4H3/t7-,8?,9+,10?/m1/s1. The van der Waals surface area contributed by atoms with Crippen LogP contribution < -0.4 is 0 Å². The molecule has 0 aromatic carbocycles. The molecule has 0 aliphatic carbocycles. The van der Waals surface area contributed by atoms with Crippen LogP contribution in [0.5, 0.6) is 0 Å². The maximum absolute atomic E-state index is 5.77. The van der Waals surface area contributed by atoms with Crippen LogP contribution in [0.3, 0.4) is 0 Å². The Morgan fingerprint density at radius 3 is 2.77 bits per heavy atom. The van der Waals surface area contributed by atoms with Crippen LogP contribution in [0, 0.1) is 5.92 Å². The van der Waals surface area contributed by atoms with E-state index in [2.05, 4.69) is 20.8 Å². The van der Waals surface area contributed by atoms with Crippen molar-refractivity contribution in [3.63, 3.8) is 0 Å². The van der Waals surface area contributed by atoms with Gasteiger partial charge in [-0.25, -0.2) is 0 Å². The average molecular weight is 204 g/mol. The number of hydrogen-bond donors (Lipinski definition) is 0. The van der Waals surface area contributed by atoms with E-state index in [0.717, 1.165) is 12.4 Å². The lowest BCUT2D eigenvalue weighted by molar-refractivity contribution is -0.223. The van der Waals surface area contributed by atoms with Crippen LogP contribution in [-0.4, -0.2) is 30.0 Å². The Kier molecular flexibility index (Phi) is 4.56. The largest absolute Gasteiger partial charge is 0.353 e. The molecule has 0 bridgehead atoms. The first-order chi connectivity index (χ1) is 6.15. The van der Waals surface area contributed by atoms with Gasteiger partial charge in [0.2, 0.25) is 0 Å². The minimum Gasteiger partial charge on any atom is -0.353 e. The molecule has 0 N–H and O–H groups in total. The van der Waals surface area contributed by atoms with Crippen LogP contribution in [0.25, 0.3) is 0 Å². The molecule has 0 aromatic heterocycles. The van der Waals surface area contributed by atoms with E-state index in [-0.39, 0.29) is 6.29 Å². The summed E-state index contributed by atoms with van der Waals surface area (Å²) in [4.78, 5) is 0. The third-order valence-corrected chi connectivity index (χ3v) is 3.52. The molecule has 1 rings (SSSR count). The highest BCUT2D eigenvalue weighted by molar-refractivity contribution is 7.99. The highest BCUT2D eigenvalue weighted by atomic mass is 32.2. The highest BCUT2D eigenvalue weighted by Gasteiger charge is 2.30. The topological polar surface area (TPSA) is 18.5 Å². The smallest absolute Gasteiger partial charge is 0.155 e. The van der Waals surface area contributed by atoms with E-state index < -0.39 is 0 Å². The van der Waals surface area contributed by atoms with Crippen LogP contribution in [0.15, 0.2) is 0 Å².